The Labute approximate surface area is 170 Å². The quantitative estimate of drug-likeness (QED) is 0.515. The van der Waals surface area contributed by atoms with Gasteiger partial charge >= 0.3 is 0 Å². The predicted octanol–water partition coefficient (Wildman–Crippen LogP) is 6.08. The maximum atomic E-state index is 14.7. The summed E-state index contributed by atoms with van der Waals surface area (Å²) in [6, 6.07) is 15.1. The lowest BCUT2D eigenvalue weighted by atomic mass is 10.1. The molecule has 0 fully saturated rings. The summed E-state index contributed by atoms with van der Waals surface area (Å²) in [4.78, 5) is 0. The van der Waals surface area contributed by atoms with E-state index in [1.807, 2.05) is 43.4 Å². The lowest BCUT2D eigenvalue weighted by molar-refractivity contribution is 0.194. The Kier molecular flexibility index (Phi) is 7.81. The third kappa shape index (κ3) is 6.16. The van der Waals surface area contributed by atoms with Gasteiger partial charge in [-0.25, -0.2) is 4.39 Å². The summed E-state index contributed by atoms with van der Waals surface area (Å²) < 4.78 is 26.9. The molecule has 2 aromatic rings. The van der Waals surface area contributed by atoms with Crippen molar-refractivity contribution in [2.45, 2.75) is 58.0 Å². The van der Waals surface area contributed by atoms with Crippen molar-refractivity contribution in [1.29, 1.82) is 0 Å². The first-order valence-electron chi connectivity index (χ1n) is 9.92. The van der Waals surface area contributed by atoms with E-state index >= 15 is 0 Å². The molecule has 154 valence electrons. The summed E-state index contributed by atoms with van der Waals surface area (Å²) in [5, 5.41) is 3.25. The summed E-state index contributed by atoms with van der Waals surface area (Å²) in [6.07, 6.45) is 0.681. The van der Waals surface area contributed by atoms with E-state index < -0.39 is 8.32 Å². The zero-order valence-corrected chi connectivity index (χ0v) is 19.0. The van der Waals surface area contributed by atoms with Crippen molar-refractivity contribution in [3.63, 3.8) is 0 Å². The smallest absolute Gasteiger partial charge is 0.192 e. The minimum atomic E-state index is -1.91. The van der Waals surface area contributed by atoms with Crippen LogP contribution in [-0.2, 0) is 11.0 Å². The van der Waals surface area contributed by atoms with Crippen molar-refractivity contribution in [2.75, 3.05) is 13.6 Å². The number of ether oxygens (including phenoxy) is 1. The van der Waals surface area contributed by atoms with E-state index in [-0.39, 0.29) is 17.0 Å². The minimum Gasteiger partial charge on any atom is -0.486 e. The SMILES string of the molecule is CNCCC(Oc1ccc(CO[Si](C)(C)C(C)(C)C)c(F)c1)c1ccccc1. The Balaban J connectivity index is 2.09. The molecule has 0 spiro atoms. The van der Waals surface area contributed by atoms with Crippen LogP contribution in [0.3, 0.4) is 0 Å². The van der Waals surface area contributed by atoms with Crippen molar-refractivity contribution < 1.29 is 13.6 Å². The van der Waals surface area contributed by atoms with Gasteiger partial charge in [0.25, 0.3) is 0 Å². The molecule has 0 heterocycles. The fourth-order valence-corrected chi connectivity index (χ4v) is 3.54. The van der Waals surface area contributed by atoms with E-state index in [2.05, 4.69) is 39.2 Å². The first-order chi connectivity index (χ1) is 13.1. The molecule has 28 heavy (non-hydrogen) atoms. The Hall–Kier alpha value is -1.69. The Morgan fingerprint density at radius 3 is 2.32 bits per heavy atom. The second-order valence-electron chi connectivity index (χ2n) is 8.71. The number of hydrogen-bond acceptors (Lipinski definition) is 3. The third-order valence-electron chi connectivity index (χ3n) is 5.53. The van der Waals surface area contributed by atoms with Crippen LogP contribution in [0.5, 0.6) is 5.75 Å². The fraction of sp³-hybridized carbons (Fsp3) is 0.478. The topological polar surface area (TPSA) is 30.5 Å². The van der Waals surface area contributed by atoms with Gasteiger partial charge in [0.1, 0.15) is 17.7 Å². The van der Waals surface area contributed by atoms with Gasteiger partial charge in [-0.1, -0.05) is 57.2 Å². The zero-order chi connectivity index (χ0) is 20.8. The summed E-state index contributed by atoms with van der Waals surface area (Å²) >= 11 is 0. The van der Waals surface area contributed by atoms with Crippen LogP contribution in [-0.4, -0.2) is 21.9 Å². The molecule has 1 unspecified atom stereocenters. The summed E-state index contributed by atoms with van der Waals surface area (Å²) in [5.74, 6) is 0.259. The first kappa shape index (κ1) is 22.6. The van der Waals surface area contributed by atoms with Gasteiger partial charge in [0.15, 0.2) is 8.32 Å². The van der Waals surface area contributed by atoms with Crippen molar-refractivity contribution in [3.05, 3.63) is 65.5 Å². The van der Waals surface area contributed by atoms with E-state index in [0.717, 1.165) is 18.5 Å². The van der Waals surface area contributed by atoms with Gasteiger partial charge in [-0.05, 0) is 43.4 Å². The molecular formula is C23H34FNO2Si. The highest BCUT2D eigenvalue weighted by molar-refractivity contribution is 6.74. The second-order valence-corrected chi connectivity index (χ2v) is 13.5. The Morgan fingerprint density at radius 1 is 1.07 bits per heavy atom. The Bertz CT molecular complexity index is 744. The van der Waals surface area contributed by atoms with Crippen molar-refractivity contribution in [2.24, 2.45) is 0 Å². The molecule has 1 N–H and O–H groups in total. The van der Waals surface area contributed by atoms with Crippen LogP contribution in [0.15, 0.2) is 48.5 Å². The summed E-state index contributed by atoms with van der Waals surface area (Å²) in [6.45, 7) is 12.0. The zero-order valence-electron chi connectivity index (χ0n) is 18.0. The molecule has 2 aromatic carbocycles. The fourth-order valence-electron chi connectivity index (χ4n) is 2.59. The monoisotopic (exact) mass is 403 g/mol. The maximum absolute atomic E-state index is 14.7. The average molecular weight is 404 g/mol. The van der Waals surface area contributed by atoms with Gasteiger partial charge in [0, 0.05) is 18.1 Å². The normalized spacial score (nSPS) is 13.4. The van der Waals surface area contributed by atoms with Crippen LogP contribution in [0.2, 0.25) is 18.1 Å². The average Bonchev–Trinajstić information content (AvgIpc) is 2.64. The number of benzene rings is 2. The lowest BCUT2D eigenvalue weighted by Crippen LogP contribution is -2.40. The molecule has 2 rings (SSSR count). The molecule has 0 amide bonds. The second kappa shape index (κ2) is 9.68. The van der Waals surface area contributed by atoms with Crippen LogP contribution in [0.1, 0.15) is 44.4 Å². The van der Waals surface area contributed by atoms with Crippen molar-refractivity contribution >= 4 is 8.32 Å². The standard InChI is InChI=1S/C23H34FNO2Si/c1-23(2,3)28(5,6)26-17-19-12-13-20(16-21(19)24)27-22(14-15-25-4)18-10-8-7-9-11-18/h7-13,16,22,25H,14-15,17H2,1-6H3. The molecule has 0 saturated carbocycles. The molecule has 0 saturated heterocycles. The minimum absolute atomic E-state index is 0.0999. The van der Waals surface area contributed by atoms with Crippen LogP contribution < -0.4 is 10.1 Å². The van der Waals surface area contributed by atoms with Gasteiger partial charge in [-0.15, -0.1) is 0 Å². The van der Waals surface area contributed by atoms with Crippen LogP contribution in [0.25, 0.3) is 0 Å². The van der Waals surface area contributed by atoms with Crippen LogP contribution >= 0.6 is 0 Å². The predicted molar refractivity (Wildman–Crippen MR) is 117 cm³/mol. The highest BCUT2D eigenvalue weighted by Gasteiger charge is 2.37. The Morgan fingerprint density at radius 2 is 1.75 bits per heavy atom. The molecule has 5 heteroatoms. The molecule has 0 radical (unpaired) electrons. The van der Waals surface area contributed by atoms with Crippen LogP contribution in [0, 0.1) is 5.82 Å². The third-order valence-corrected chi connectivity index (χ3v) is 10.0. The van der Waals surface area contributed by atoms with Gasteiger partial charge < -0.3 is 14.5 Å². The van der Waals surface area contributed by atoms with Gasteiger partial charge in [-0.3, -0.25) is 0 Å². The summed E-state index contributed by atoms with van der Waals surface area (Å²) in [5.41, 5.74) is 1.66. The number of nitrogens with one attached hydrogen (secondary N) is 1. The maximum Gasteiger partial charge on any atom is 0.192 e. The molecule has 0 aliphatic rings. The lowest BCUT2D eigenvalue weighted by Gasteiger charge is -2.36. The van der Waals surface area contributed by atoms with Crippen molar-refractivity contribution in [3.8, 4) is 5.75 Å². The largest absolute Gasteiger partial charge is 0.486 e. The molecule has 1 atom stereocenters. The number of rotatable bonds is 9. The number of hydrogen-bond donors (Lipinski definition) is 1. The summed E-state index contributed by atoms with van der Waals surface area (Å²) in [7, 11) is 0.00124. The van der Waals surface area contributed by atoms with E-state index in [0.29, 0.717) is 17.9 Å². The highest BCUT2D eigenvalue weighted by atomic mass is 28.4. The van der Waals surface area contributed by atoms with E-state index in [4.69, 9.17) is 9.16 Å². The van der Waals surface area contributed by atoms with Gasteiger partial charge in [0.05, 0.1) is 6.61 Å². The van der Waals surface area contributed by atoms with Gasteiger partial charge in [0.2, 0.25) is 0 Å². The molecular weight excluding hydrogens is 369 g/mol. The molecule has 3 nitrogen and oxygen atoms in total. The van der Waals surface area contributed by atoms with Crippen LogP contribution in [0.4, 0.5) is 4.39 Å². The van der Waals surface area contributed by atoms with E-state index in [1.165, 1.54) is 6.07 Å². The van der Waals surface area contributed by atoms with E-state index in [9.17, 15) is 4.39 Å². The first-order valence-corrected chi connectivity index (χ1v) is 12.8. The molecule has 0 aromatic heterocycles. The highest BCUT2D eigenvalue weighted by Crippen LogP contribution is 2.37. The molecule has 0 bridgehead atoms. The van der Waals surface area contributed by atoms with E-state index in [1.54, 1.807) is 6.07 Å². The molecule has 0 aliphatic heterocycles. The molecule has 0 aliphatic carbocycles. The van der Waals surface area contributed by atoms with Crippen molar-refractivity contribution in [1.82, 2.24) is 5.32 Å². The van der Waals surface area contributed by atoms with Gasteiger partial charge in [-0.2, -0.15) is 0 Å². The number of halogens is 1.